The van der Waals surface area contributed by atoms with Crippen molar-refractivity contribution in [1.29, 1.82) is 0 Å². The fraction of sp³-hybridized carbons (Fsp3) is 0.250. The van der Waals surface area contributed by atoms with Gasteiger partial charge in [0, 0.05) is 17.7 Å². The first-order chi connectivity index (χ1) is 12.3. The minimum atomic E-state index is -0.699. The van der Waals surface area contributed by atoms with Gasteiger partial charge in [-0.15, -0.1) is 0 Å². The third-order valence-corrected chi connectivity index (χ3v) is 4.63. The predicted octanol–water partition coefficient (Wildman–Crippen LogP) is 3.35. The van der Waals surface area contributed by atoms with Gasteiger partial charge in [-0.05, 0) is 32.1 Å². The summed E-state index contributed by atoms with van der Waals surface area (Å²) in [4.78, 5) is 13.0. The summed E-state index contributed by atoms with van der Waals surface area (Å²) >= 11 is 0. The molecule has 0 radical (unpaired) electrons. The molecule has 134 valence electrons. The second-order valence-electron chi connectivity index (χ2n) is 7.02. The first kappa shape index (κ1) is 16.3. The van der Waals surface area contributed by atoms with Crippen molar-refractivity contribution in [3.8, 4) is 28.7 Å². The number of fused-ring (bicyclic) bond motifs is 2. The zero-order chi connectivity index (χ0) is 18.6. The van der Waals surface area contributed by atoms with E-state index < -0.39 is 11.5 Å². The van der Waals surface area contributed by atoms with Gasteiger partial charge in [-0.25, -0.2) is 0 Å². The molecule has 26 heavy (non-hydrogen) atoms. The van der Waals surface area contributed by atoms with Crippen LogP contribution in [0.2, 0.25) is 0 Å². The van der Waals surface area contributed by atoms with Crippen LogP contribution in [0.15, 0.2) is 30.3 Å². The highest BCUT2D eigenvalue weighted by atomic mass is 16.5. The van der Waals surface area contributed by atoms with E-state index in [0.29, 0.717) is 16.9 Å². The van der Waals surface area contributed by atoms with E-state index in [-0.39, 0.29) is 41.0 Å². The quantitative estimate of drug-likeness (QED) is 0.727. The number of rotatable bonds is 1. The van der Waals surface area contributed by atoms with Crippen LogP contribution in [-0.4, -0.2) is 33.3 Å². The van der Waals surface area contributed by atoms with Gasteiger partial charge in [0.05, 0.1) is 11.5 Å². The maximum absolute atomic E-state index is 13.0. The molecule has 2 aromatic rings. The lowest BCUT2D eigenvalue weighted by atomic mass is 9.86. The Labute approximate surface area is 149 Å². The predicted molar refractivity (Wildman–Crippen MR) is 94.2 cm³/mol. The van der Waals surface area contributed by atoms with Gasteiger partial charge in [0.15, 0.2) is 5.78 Å². The summed E-state index contributed by atoms with van der Waals surface area (Å²) in [5.41, 5.74) is 0.542. The van der Waals surface area contributed by atoms with Crippen LogP contribution in [0.3, 0.4) is 0 Å². The zero-order valence-electron chi connectivity index (χ0n) is 14.3. The Morgan fingerprint density at radius 1 is 1.12 bits per heavy atom. The number of Topliss-reactive ketones (excluding diaryl/α,β-unsaturated/α-hetero) is 1. The summed E-state index contributed by atoms with van der Waals surface area (Å²) < 4.78 is 11.6. The number of carbonyl (C=O) groups excluding carboxylic acids is 1. The monoisotopic (exact) mass is 354 g/mol. The fourth-order valence-corrected chi connectivity index (χ4v) is 3.34. The Morgan fingerprint density at radius 3 is 2.65 bits per heavy atom. The van der Waals surface area contributed by atoms with E-state index in [0.717, 1.165) is 6.07 Å². The van der Waals surface area contributed by atoms with Gasteiger partial charge >= 0.3 is 0 Å². The summed E-state index contributed by atoms with van der Waals surface area (Å²) in [5.74, 6) is -0.887. The van der Waals surface area contributed by atoms with Gasteiger partial charge in [-0.1, -0.05) is 6.07 Å². The molecule has 0 amide bonds. The fourth-order valence-electron chi connectivity index (χ4n) is 3.34. The van der Waals surface area contributed by atoms with Gasteiger partial charge < -0.3 is 24.8 Å². The Kier molecular flexibility index (Phi) is 3.41. The van der Waals surface area contributed by atoms with E-state index in [1.807, 2.05) is 19.9 Å². The number of phenols is 3. The van der Waals surface area contributed by atoms with Crippen molar-refractivity contribution < 1.29 is 29.6 Å². The molecule has 1 unspecified atom stereocenters. The summed E-state index contributed by atoms with van der Waals surface area (Å²) in [5, 5.41) is 29.8. The molecule has 6 nitrogen and oxygen atoms in total. The van der Waals surface area contributed by atoms with Crippen molar-refractivity contribution in [2.75, 3.05) is 6.61 Å². The molecule has 0 aromatic heterocycles. The largest absolute Gasteiger partial charge is 0.508 e. The van der Waals surface area contributed by atoms with Crippen molar-refractivity contribution in [1.82, 2.24) is 0 Å². The Balaban J connectivity index is 1.83. The van der Waals surface area contributed by atoms with E-state index >= 15 is 0 Å². The zero-order valence-corrected chi connectivity index (χ0v) is 14.3. The molecule has 0 aliphatic carbocycles. The SMILES string of the molecule is CC1(C)C=Cc2c(O)ccc(C3COc4cc(O)cc(O)c4C3=O)c2O1. The molecule has 4 rings (SSSR count). The molecule has 0 saturated carbocycles. The highest BCUT2D eigenvalue weighted by Crippen LogP contribution is 2.46. The molecule has 0 bridgehead atoms. The highest BCUT2D eigenvalue weighted by Gasteiger charge is 2.37. The number of hydrogen-bond acceptors (Lipinski definition) is 6. The summed E-state index contributed by atoms with van der Waals surface area (Å²) in [6, 6.07) is 5.56. The smallest absolute Gasteiger partial charge is 0.181 e. The third-order valence-electron chi connectivity index (χ3n) is 4.63. The molecule has 0 spiro atoms. The molecule has 3 N–H and O–H groups in total. The lowest BCUT2D eigenvalue weighted by Crippen LogP contribution is -2.31. The van der Waals surface area contributed by atoms with Gasteiger partial charge in [0.25, 0.3) is 0 Å². The Morgan fingerprint density at radius 2 is 1.88 bits per heavy atom. The summed E-state index contributed by atoms with van der Waals surface area (Å²) in [6.07, 6.45) is 3.61. The van der Waals surface area contributed by atoms with Crippen LogP contribution in [0, 0.1) is 0 Å². The average Bonchev–Trinajstić information content (AvgIpc) is 2.54. The Bertz CT molecular complexity index is 957. The number of ketones is 1. The molecule has 0 saturated heterocycles. The molecule has 2 aromatic carbocycles. The molecule has 2 heterocycles. The van der Waals surface area contributed by atoms with Gasteiger partial charge in [-0.2, -0.15) is 0 Å². The number of carbonyl (C=O) groups is 1. The first-order valence-corrected chi connectivity index (χ1v) is 8.24. The minimum absolute atomic E-state index is 0.0338. The number of phenolic OH excluding ortho intramolecular Hbond substituents is 3. The van der Waals surface area contributed by atoms with E-state index in [2.05, 4.69) is 0 Å². The van der Waals surface area contributed by atoms with Crippen LogP contribution in [0.5, 0.6) is 28.7 Å². The summed E-state index contributed by atoms with van der Waals surface area (Å²) in [7, 11) is 0. The number of aromatic hydroxyl groups is 3. The standard InChI is InChI=1S/C20H18O6/c1-20(2)6-5-12-14(22)4-3-11(19(12)26-20)13-9-25-16-8-10(21)7-15(23)17(16)18(13)24/h3-8,13,21-23H,9H2,1-2H3. The maximum atomic E-state index is 13.0. The van der Waals surface area contributed by atoms with Crippen LogP contribution in [-0.2, 0) is 0 Å². The van der Waals surface area contributed by atoms with E-state index in [1.165, 1.54) is 12.1 Å². The van der Waals surface area contributed by atoms with Gasteiger partial charge in [0.1, 0.15) is 46.5 Å². The lowest BCUT2D eigenvalue weighted by Gasteiger charge is -2.32. The second kappa shape index (κ2) is 5.42. The van der Waals surface area contributed by atoms with Crippen molar-refractivity contribution in [2.24, 2.45) is 0 Å². The molecular formula is C20H18O6. The van der Waals surface area contributed by atoms with Crippen molar-refractivity contribution in [2.45, 2.75) is 25.4 Å². The normalized spacial score (nSPS) is 19.9. The summed E-state index contributed by atoms with van der Waals surface area (Å²) in [6.45, 7) is 3.80. The average molecular weight is 354 g/mol. The topological polar surface area (TPSA) is 96.2 Å². The minimum Gasteiger partial charge on any atom is -0.508 e. The molecule has 6 heteroatoms. The highest BCUT2D eigenvalue weighted by molar-refractivity contribution is 6.07. The van der Waals surface area contributed by atoms with Crippen molar-refractivity contribution in [3.05, 3.63) is 47.0 Å². The first-order valence-electron chi connectivity index (χ1n) is 8.24. The van der Waals surface area contributed by atoms with Crippen molar-refractivity contribution >= 4 is 11.9 Å². The van der Waals surface area contributed by atoms with Crippen LogP contribution >= 0.6 is 0 Å². The van der Waals surface area contributed by atoms with Crippen LogP contribution < -0.4 is 9.47 Å². The molecule has 1 atom stereocenters. The Hall–Kier alpha value is -3.15. The number of ether oxygens (including phenoxy) is 2. The maximum Gasteiger partial charge on any atom is 0.181 e. The second-order valence-corrected chi connectivity index (χ2v) is 7.02. The van der Waals surface area contributed by atoms with Crippen LogP contribution in [0.1, 0.15) is 41.3 Å². The van der Waals surface area contributed by atoms with Gasteiger partial charge in [0.2, 0.25) is 0 Å². The number of benzene rings is 2. The van der Waals surface area contributed by atoms with Crippen molar-refractivity contribution in [3.63, 3.8) is 0 Å². The number of hydrogen-bond donors (Lipinski definition) is 3. The van der Waals surface area contributed by atoms with Crippen LogP contribution in [0.4, 0.5) is 0 Å². The van der Waals surface area contributed by atoms with Crippen LogP contribution in [0.25, 0.3) is 6.08 Å². The molecular weight excluding hydrogens is 336 g/mol. The molecule has 2 aliphatic heterocycles. The molecule has 2 aliphatic rings. The van der Waals surface area contributed by atoms with Gasteiger partial charge in [-0.3, -0.25) is 4.79 Å². The van der Waals surface area contributed by atoms with E-state index in [4.69, 9.17) is 9.47 Å². The third kappa shape index (κ3) is 2.45. The molecule has 0 fully saturated rings. The van der Waals surface area contributed by atoms with E-state index in [9.17, 15) is 20.1 Å². The van der Waals surface area contributed by atoms with E-state index in [1.54, 1.807) is 12.1 Å². The lowest BCUT2D eigenvalue weighted by molar-refractivity contribution is 0.0882.